The fourth-order valence-corrected chi connectivity index (χ4v) is 3.56. The lowest BCUT2D eigenvalue weighted by Gasteiger charge is -2.36. The van der Waals surface area contributed by atoms with Gasteiger partial charge in [0.25, 0.3) is 10.0 Å². The molecule has 2 heterocycles. The van der Waals surface area contributed by atoms with E-state index in [1.54, 1.807) is 0 Å². The molecule has 0 unspecified atom stereocenters. The van der Waals surface area contributed by atoms with Crippen molar-refractivity contribution in [3.8, 4) is 0 Å². The molecule has 1 fully saturated rings. The number of rotatable bonds is 5. The quantitative estimate of drug-likeness (QED) is 0.853. The summed E-state index contributed by atoms with van der Waals surface area (Å²) >= 11 is 0. The van der Waals surface area contributed by atoms with Crippen molar-refractivity contribution < 1.29 is 12.8 Å². The van der Waals surface area contributed by atoms with Gasteiger partial charge in [-0.25, -0.2) is 17.8 Å². The standard InChI is InChI=1S/C11H16FN3O2S/c1-2-6-15(9-7-13-8-9)18(16,17)11-10(12)4-3-5-14-11/h3-5,9,13H,2,6-8H2,1H3. The minimum absolute atomic E-state index is 0.101. The van der Waals surface area contributed by atoms with Gasteiger partial charge in [0.2, 0.25) is 5.03 Å². The van der Waals surface area contributed by atoms with Gasteiger partial charge in [-0.05, 0) is 18.6 Å². The average Bonchev–Trinajstić information content (AvgIpc) is 2.26. The molecule has 5 nitrogen and oxygen atoms in total. The maximum atomic E-state index is 13.6. The molecule has 0 aromatic carbocycles. The highest BCUT2D eigenvalue weighted by Gasteiger charge is 2.36. The SMILES string of the molecule is CCCN(C1CNC1)S(=O)(=O)c1ncccc1F. The summed E-state index contributed by atoms with van der Waals surface area (Å²) in [4.78, 5) is 3.67. The van der Waals surface area contributed by atoms with E-state index in [0.717, 1.165) is 6.07 Å². The summed E-state index contributed by atoms with van der Waals surface area (Å²) in [5.41, 5.74) is 0. The Labute approximate surface area is 106 Å². The van der Waals surface area contributed by atoms with Gasteiger partial charge < -0.3 is 5.32 Å². The number of nitrogens with zero attached hydrogens (tertiary/aromatic N) is 2. The van der Waals surface area contributed by atoms with E-state index in [-0.39, 0.29) is 6.04 Å². The maximum absolute atomic E-state index is 13.6. The van der Waals surface area contributed by atoms with Crippen LogP contribution < -0.4 is 5.32 Å². The summed E-state index contributed by atoms with van der Waals surface area (Å²) in [5.74, 6) is -0.800. The first-order valence-electron chi connectivity index (χ1n) is 5.90. The Balaban J connectivity index is 2.36. The molecule has 0 saturated carbocycles. The van der Waals surface area contributed by atoms with Crippen LogP contribution in [0.15, 0.2) is 23.4 Å². The Hall–Kier alpha value is -1.05. The van der Waals surface area contributed by atoms with Gasteiger partial charge in [0.1, 0.15) is 0 Å². The summed E-state index contributed by atoms with van der Waals surface area (Å²) in [5, 5.41) is 2.54. The number of hydrogen-bond donors (Lipinski definition) is 1. The third-order valence-electron chi connectivity index (χ3n) is 2.89. The molecule has 1 N–H and O–H groups in total. The zero-order valence-electron chi connectivity index (χ0n) is 10.1. The van der Waals surface area contributed by atoms with Crippen LogP contribution in [-0.4, -0.2) is 43.4 Å². The Morgan fingerprint density at radius 1 is 1.56 bits per heavy atom. The van der Waals surface area contributed by atoms with Crippen LogP contribution >= 0.6 is 0 Å². The first-order valence-corrected chi connectivity index (χ1v) is 7.34. The molecular formula is C11H16FN3O2S. The van der Waals surface area contributed by atoms with Crippen LogP contribution in [0.5, 0.6) is 0 Å². The van der Waals surface area contributed by atoms with E-state index in [1.807, 2.05) is 6.92 Å². The molecule has 1 aromatic rings. The minimum atomic E-state index is -3.85. The number of aromatic nitrogens is 1. The van der Waals surface area contributed by atoms with Gasteiger partial charge in [-0.1, -0.05) is 6.92 Å². The van der Waals surface area contributed by atoms with Crippen molar-refractivity contribution in [1.82, 2.24) is 14.6 Å². The van der Waals surface area contributed by atoms with E-state index in [0.29, 0.717) is 26.1 Å². The molecule has 0 atom stereocenters. The smallest absolute Gasteiger partial charge is 0.263 e. The van der Waals surface area contributed by atoms with Crippen molar-refractivity contribution in [3.05, 3.63) is 24.1 Å². The summed E-state index contributed by atoms with van der Waals surface area (Å²) in [7, 11) is -3.85. The molecule has 0 radical (unpaired) electrons. The molecule has 18 heavy (non-hydrogen) atoms. The zero-order valence-corrected chi connectivity index (χ0v) is 11.0. The molecule has 1 aliphatic heterocycles. The number of pyridine rings is 1. The van der Waals surface area contributed by atoms with Crippen LogP contribution in [0.3, 0.4) is 0 Å². The van der Waals surface area contributed by atoms with Gasteiger partial charge in [0.05, 0.1) is 6.04 Å². The first-order chi connectivity index (χ1) is 8.57. The molecule has 100 valence electrons. The molecule has 0 spiro atoms. The van der Waals surface area contributed by atoms with Crippen molar-refractivity contribution >= 4 is 10.0 Å². The predicted molar refractivity (Wildman–Crippen MR) is 65.0 cm³/mol. The van der Waals surface area contributed by atoms with Gasteiger partial charge in [-0.15, -0.1) is 0 Å². The third kappa shape index (κ3) is 2.38. The third-order valence-corrected chi connectivity index (χ3v) is 4.78. The van der Waals surface area contributed by atoms with E-state index in [2.05, 4.69) is 10.3 Å². The Kier molecular flexibility index (Phi) is 3.94. The second-order valence-corrected chi connectivity index (χ2v) is 6.02. The van der Waals surface area contributed by atoms with E-state index in [9.17, 15) is 12.8 Å². The maximum Gasteiger partial charge on any atom is 0.263 e. The Morgan fingerprint density at radius 2 is 2.28 bits per heavy atom. The van der Waals surface area contributed by atoms with Crippen LogP contribution in [-0.2, 0) is 10.0 Å². The van der Waals surface area contributed by atoms with Gasteiger partial charge in [-0.2, -0.15) is 4.31 Å². The molecular weight excluding hydrogens is 257 g/mol. The van der Waals surface area contributed by atoms with E-state index >= 15 is 0 Å². The van der Waals surface area contributed by atoms with E-state index in [4.69, 9.17) is 0 Å². The van der Waals surface area contributed by atoms with Gasteiger partial charge in [0, 0.05) is 25.8 Å². The highest BCUT2D eigenvalue weighted by Crippen LogP contribution is 2.20. The first kappa shape index (κ1) is 13.4. The van der Waals surface area contributed by atoms with Gasteiger partial charge >= 0.3 is 0 Å². The predicted octanol–water partition coefficient (Wildman–Crippen LogP) is 0.593. The number of halogens is 1. The van der Waals surface area contributed by atoms with Crippen molar-refractivity contribution in [2.24, 2.45) is 0 Å². The lowest BCUT2D eigenvalue weighted by molar-refractivity contribution is 0.240. The van der Waals surface area contributed by atoms with Crippen LogP contribution in [0, 0.1) is 5.82 Å². The normalized spacial score (nSPS) is 16.8. The van der Waals surface area contributed by atoms with Crippen LogP contribution in [0.4, 0.5) is 4.39 Å². The zero-order chi connectivity index (χ0) is 13.2. The number of sulfonamides is 1. The van der Waals surface area contributed by atoms with Crippen molar-refractivity contribution in [1.29, 1.82) is 0 Å². The monoisotopic (exact) mass is 273 g/mol. The summed E-state index contributed by atoms with van der Waals surface area (Å²) in [6.07, 6.45) is 1.98. The van der Waals surface area contributed by atoms with Gasteiger partial charge in [-0.3, -0.25) is 0 Å². The second kappa shape index (κ2) is 5.29. The second-order valence-electron chi connectivity index (χ2n) is 4.22. The molecule has 1 aliphatic rings. The molecule has 2 rings (SSSR count). The molecule has 0 aliphatic carbocycles. The van der Waals surface area contributed by atoms with Crippen molar-refractivity contribution in [2.75, 3.05) is 19.6 Å². The minimum Gasteiger partial charge on any atom is -0.313 e. The van der Waals surface area contributed by atoms with Crippen molar-refractivity contribution in [2.45, 2.75) is 24.4 Å². The van der Waals surface area contributed by atoms with Crippen LogP contribution in [0.25, 0.3) is 0 Å². The summed E-state index contributed by atoms with van der Waals surface area (Å²) in [6, 6.07) is 2.39. The lowest BCUT2D eigenvalue weighted by atomic mass is 10.2. The van der Waals surface area contributed by atoms with Crippen LogP contribution in [0.1, 0.15) is 13.3 Å². The Morgan fingerprint density at radius 3 is 2.78 bits per heavy atom. The Bertz CT molecular complexity index is 517. The topological polar surface area (TPSA) is 62.3 Å². The summed E-state index contributed by atoms with van der Waals surface area (Å²) < 4.78 is 39.7. The fourth-order valence-electron chi connectivity index (χ4n) is 1.87. The van der Waals surface area contributed by atoms with E-state index in [1.165, 1.54) is 16.6 Å². The molecule has 7 heteroatoms. The van der Waals surface area contributed by atoms with E-state index < -0.39 is 20.9 Å². The highest BCUT2D eigenvalue weighted by atomic mass is 32.2. The molecule has 0 bridgehead atoms. The summed E-state index contributed by atoms with van der Waals surface area (Å²) in [6.45, 7) is 3.48. The lowest BCUT2D eigenvalue weighted by Crippen LogP contribution is -2.59. The molecule has 0 amide bonds. The number of hydrogen-bond acceptors (Lipinski definition) is 4. The molecule has 1 saturated heterocycles. The average molecular weight is 273 g/mol. The van der Waals surface area contributed by atoms with Crippen molar-refractivity contribution in [3.63, 3.8) is 0 Å². The van der Waals surface area contributed by atoms with Crippen LogP contribution in [0.2, 0.25) is 0 Å². The largest absolute Gasteiger partial charge is 0.313 e. The fraction of sp³-hybridized carbons (Fsp3) is 0.545. The highest BCUT2D eigenvalue weighted by molar-refractivity contribution is 7.89. The number of nitrogens with one attached hydrogen (secondary N) is 1. The molecule has 1 aromatic heterocycles. The van der Waals surface area contributed by atoms with Gasteiger partial charge in [0.15, 0.2) is 5.82 Å².